The van der Waals surface area contributed by atoms with Gasteiger partial charge in [0.25, 0.3) is 0 Å². The van der Waals surface area contributed by atoms with Crippen LogP contribution in [0.5, 0.6) is 0 Å². The SMILES string of the molecule is CC[Si](CC)(CC)C[C@@H]1CC(C(=O)c2ccccc2)(c2ccccc2)C[C@H]1C. The summed E-state index contributed by atoms with van der Waals surface area (Å²) >= 11 is 0. The molecule has 0 aliphatic heterocycles. The first kappa shape index (κ1) is 21.0. The number of hydrogen-bond donors (Lipinski definition) is 0. The molecule has 2 aromatic carbocycles. The highest BCUT2D eigenvalue weighted by molar-refractivity contribution is 6.79. The number of hydrogen-bond acceptors (Lipinski definition) is 1. The Labute approximate surface area is 172 Å². The van der Waals surface area contributed by atoms with Crippen LogP contribution in [0.25, 0.3) is 0 Å². The maximum Gasteiger partial charge on any atom is 0.173 e. The predicted molar refractivity (Wildman–Crippen MR) is 123 cm³/mol. The van der Waals surface area contributed by atoms with E-state index >= 15 is 0 Å². The molecule has 28 heavy (non-hydrogen) atoms. The Morgan fingerprint density at radius 2 is 1.43 bits per heavy atom. The first-order chi connectivity index (χ1) is 13.5. The topological polar surface area (TPSA) is 17.1 Å². The quantitative estimate of drug-likeness (QED) is 0.339. The van der Waals surface area contributed by atoms with Crippen molar-refractivity contribution in [3.8, 4) is 0 Å². The van der Waals surface area contributed by atoms with Crippen molar-refractivity contribution in [2.75, 3.05) is 0 Å². The second kappa shape index (κ2) is 8.78. The monoisotopic (exact) mass is 392 g/mol. The van der Waals surface area contributed by atoms with Crippen molar-refractivity contribution in [1.29, 1.82) is 0 Å². The van der Waals surface area contributed by atoms with Gasteiger partial charge in [-0.15, -0.1) is 0 Å². The molecule has 0 radical (unpaired) electrons. The molecule has 0 amide bonds. The van der Waals surface area contributed by atoms with Crippen molar-refractivity contribution in [2.45, 2.75) is 70.1 Å². The summed E-state index contributed by atoms with van der Waals surface area (Å²) in [5, 5.41) is 0. The minimum Gasteiger partial charge on any atom is -0.293 e. The van der Waals surface area contributed by atoms with E-state index < -0.39 is 8.07 Å². The number of carbonyl (C=O) groups excluding carboxylic acids is 1. The standard InChI is InChI=1S/C26H36OSi/c1-5-28(6-2,7-3)20-23-19-26(18-21(23)4,24-16-12-9-13-17-24)25(27)22-14-10-8-11-15-22/h8-17,21,23H,5-7,18-20H2,1-4H3/t21-,23+,26?/m1/s1. The van der Waals surface area contributed by atoms with Gasteiger partial charge in [-0.2, -0.15) is 0 Å². The zero-order valence-corrected chi connectivity index (χ0v) is 19.1. The van der Waals surface area contributed by atoms with E-state index in [4.69, 9.17) is 0 Å². The molecule has 2 aromatic rings. The van der Waals surface area contributed by atoms with Crippen LogP contribution in [0.3, 0.4) is 0 Å². The summed E-state index contributed by atoms with van der Waals surface area (Å²) in [4.78, 5) is 13.8. The second-order valence-electron chi connectivity index (χ2n) is 9.05. The third-order valence-corrected chi connectivity index (χ3v) is 13.7. The summed E-state index contributed by atoms with van der Waals surface area (Å²) in [7, 11) is -1.21. The van der Waals surface area contributed by atoms with Gasteiger partial charge >= 0.3 is 0 Å². The number of rotatable bonds is 8. The maximum atomic E-state index is 13.8. The third kappa shape index (κ3) is 3.89. The van der Waals surface area contributed by atoms with Crippen LogP contribution in [0.4, 0.5) is 0 Å². The zero-order valence-electron chi connectivity index (χ0n) is 18.1. The number of Topliss-reactive ketones (excluding diaryl/α,β-unsaturated/α-hetero) is 1. The van der Waals surface area contributed by atoms with Gasteiger partial charge in [0.15, 0.2) is 5.78 Å². The minimum atomic E-state index is -1.21. The number of carbonyl (C=O) groups is 1. The normalized spacial score (nSPS) is 25.0. The van der Waals surface area contributed by atoms with Gasteiger partial charge in [0.05, 0.1) is 13.5 Å². The molecule has 0 bridgehead atoms. The molecule has 0 heterocycles. The molecule has 1 fully saturated rings. The Morgan fingerprint density at radius 1 is 0.893 bits per heavy atom. The lowest BCUT2D eigenvalue weighted by Crippen LogP contribution is -2.36. The number of benzene rings is 2. The molecule has 1 unspecified atom stereocenters. The van der Waals surface area contributed by atoms with Crippen molar-refractivity contribution < 1.29 is 4.79 Å². The summed E-state index contributed by atoms with van der Waals surface area (Å²) in [6.45, 7) is 9.60. The largest absolute Gasteiger partial charge is 0.293 e. The Hall–Kier alpha value is -1.67. The fraction of sp³-hybridized carbons (Fsp3) is 0.500. The van der Waals surface area contributed by atoms with E-state index in [-0.39, 0.29) is 5.41 Å². The molecule has 0 spiro atoms. The van der Waals surface area contributed by atoms with Crippen molar-refractivity contribution in [1.82, 2.24) is 0 Å². The average molecular weight is 393 g/mol. The lowest BCUT2D eigenvalue weighted by molar-refractivity contribution is 0.0881. The molecule has 1 nitrogen and oxygen atoms in total. The fourth-order valence-electron chi connectivity index (χ4n) is 5.64. The summed E-state index contributed by atoms with van der Waals surface area (Å²) in [5.41, 5.74) is 1.72. The molecular formula is C26H36OSi. The average Bonchev–Trinajstić information content (AvgIpc) is 3.09. The summed E-state index contributed by atoms with van der Waals surface area (Å²) in [5.74, 6) is 1.59. The second-order valence-corrected chi connectivity index (χ2v) is 14.6. The molecule has 1 aliphatic carbocycles. The summed E-state index contributed by atoms with van der Waals surface area (Å²) in [6.07, 6.45) is 2.00. The first-order valence-corrected chi connectivity index (χ1v) is 14.0. The van der Waals surface area contributed by atoms with Gasteiger partial charge in [-0.3, -0.25) is 4.79 Å². The van der Waals surface area contributed by atoms with E-state index in [9.17, 15) is 4.79 Å². The molecular weight excluding hydrogens is 356 g/mol. The van der Waals surface area contributed by atoms with Gasteiger partial charge in [0.2, 0.25) is 0 Å². The van der Waals surface area contributed by atoms with E-state index in [1.54, 1.807) is 0 Å². The van der Waals surface area contributed by atoms with Crippen LogP contribution < -0.4 is 0 Å². The van der Waals surface area contributed by atoms with E-state index in [1.807, 2.05) is 30.3 Å². The molecule has 0 aromatic heterocycles. The molecule has 0 saturated heterocycles. The predicted octanol–water partition coefficient (Wildman–Crippen LogP) is 7.36. The van der Waals surface area contributed by atoms with Crippen molar-refractivity contribution in [3.63, 3.8) is 0 Å². The Morgan fingerprint density at radius 3 is 1.96 bits per heavy atom. The highest BCUT2D eigenvalue weighted by Gasteiger charge is 2.51. The molecule has 0 N–H and O–H groups in total. The van der Waals surface area contributed by atoms with Crippen LogP contribution in [0, 0.1) is 11.8 Å². The Bertz CT molecular complexity index is 757. The molecule has 2 heteroatoms. The van der Waals surface area contributed by atoms with Gasteiger partial charge in [-0.1, -0.05) is 113 Å². The van der Waals surface area contributed by atoms with E-state index in [1.165, 1.54) is 29.7 Å². The lowest BCUT2D eigenvalue weighted by atomic mass is 9.72. The minimum absolute atomic E-state index is 0.324. The van der Waals surface area contributed by atoms with Crippen molar-refractivity contribution in [3.05, 3.63) is 71.8 Å². The van der Waals surface area contributed by atoms with Gasteiger partial charge < -0.3 is 0 Å². The van der Waals surface area contributed by atoms with E-state index in [0.717, 1.165) is 18.4 Å². The first-order valence-electron chi connectivity index (χ1n) is 11.2. The highest BCUT2D eigenvalue weighted by Crippen LogP contribution is 2.52. The third-order valence-electron chi connectivity index (χ3n) is 7.83. The fourth-order valence-corrected chi connectivity index (χ4v) is 9.66. The maximum absolute atomic E-state index is 13.8. The van der Waals surface area contributed by atoms with Crippen LogP contribution in [-0.4, -0.2) is 13.9 Å². The van der Waals surface area contributed by atoms with Crippen LogP contribution >= 0.6 is 0 Å². The van der Waals surface area contributed by atoms with Crippen molar-refractivity contribution >= 4 is 13.9 Å². The highest BCUT2D eigenvalue weighted by atomic mass is 28.3. The van der Waals surface area contributed by atoms with Crippen LogP contribution in [0.1, 0.15) is 56.5 Å². The van der Waals surface area contributed by atoms with E-state index in [2.05, 4.69) is 58.0 Å². The van der Waals surface area contributed by atoms with Gasteiger partial charge in [0, 0.05) is 5.56 Å². The van der Waals surface area contributed by atoms with E-state index in [0.29, 0.717) is 17.6 Å². The van der Waals surface area contributed by atoms with Crippen LogP contribution in [0.15, 0.2) is 60.7 Å². The molecule has 1 saturated carbocycles. The van der Waals surface area contributed by atoms with Crippen LogP contribution in [-0.2, 0) is 5.41 Å². The van der Waals surface area contributed by atoms with Gasteiger partial charge in [0.1, 0.15) is 0 Å². The Balaban J connectivity index is 1.99. The Kier molecular flexibility index (Phi) is 6.60. The lowest BCUT2D eigenvalue weighted by Gasteiger charge is -2.33. The van der Waals surface area contributed by atoms with Crippen molar-refractivity contribution in [2.24, 2.45) is 11.8 Å². The van der Waals surface area contributed by atoms with Crippen LogP contribution in [0.2, 0.25) is 24.2 Å². The number of ketones is 1. The molecule has 3 atom stereocenters. The summed E-state index contributed by atoms with van der Waals surface area (Å²) < 4.78 is 0. The smallest absolute Gasteiger partial charge is 0.173 e. The molecule has 1 aliphatic rings. The summed E-state index contributed by atoms with van der Waals surface area (Å²) in [6, 6.07) is 26.1. The molecule has 150 valence electrons. The molecule has 3 rings (SSSR count). The van der Waals surface area contributed by atoms with Gasteiger partial charge in [-0.05, 0) is 30.2 Å². The van der Waals surface area contributed by atoms with Gasteiger partial charge in [-0.25, -0.2) is 0 Å². The zero-order chi connectivity index (χ0) is 20.2.